The van der Waals surface area contributed by atoms with Crippen LogP contribution < -0.4 is 10.1 Å². The molecule has 0 aliphatic rings. The molecule has 0 fully saturated rings. The summed E-state index contributed by atoms with van der Waals surface area (Å²) in [7, 11) is 1.66. The maximum atomic E-state index is 6.12. The van der Waals surface area contributed by atoms with E-state index in [2.05, 4.69) is 19.1 Å². The van der Waals surface area contributed by atoms with Crippen molar-refractivity contribution in [1.29, 1.82) is 0 Å². The molecule has 0 unspecified atom stereocenters. The smallest absolute Gasteiger partial charge is 0.136 e. The van der Waals surface area contributed by atoms with Gasteiger partial charge < -0.3 is 9.15 Å². The fraction of sp³-hybridized carbons (Fsp3) is 0.0870. The van der Waals surface area contributed by atoms with E-state index in [0.717, 1.165) is 39.1 Å². The van der Waals surface area contributed by atoms with E-state index in [0.29, 0.717) is 0 Å². The Morgan fingerprint density at radius 3 is 2.42 bits per heavy atom. The van der Waals surface area contributed by atoms with Crippen LogP contribution in [0.2, 0.25) is 0 Å². The number of fused-ring (bicyclic) bond motifs is 1. The Morgan fingerprint density at radius 2 is 1.65 bits per heavy atom. The van der Waals surface area contributed by atoms with Crippen molar-refractivity contribution >= 4 is 16.7 Å². The lowest BCUT2D eigenvalue weighted by molar-refractivity contribution is 0.415. The largest absolute Gasteiger partial charge is 0.497 e. The van der Waals surface area contributed by atoms with Crippen LogP contribution in [0.15, 0.2) is 88.3 Å². The van der Waals surface area contributed by atoms with Crippen molar-refractivity contribution in [3.63, 3.8) is 0 Å². The van der Waals surface area contributed by atoms with Crippen LogP contribution in [0.1, 0.15) is 5.56 Å². The van der Waals surface area contributed by atoms with Gasteiger partial charge in [-0.25, -0.2) is 4.99 Å². The van der Waals surface area contributed by atoms with E-state index in [1.807, 2.05) is 66.7 Å². The van der Waals surface area contributed by atoms with Crippen LogP contribution >= 0.6 is 0 Å². The van der Waals surface area contributed by atoms with Crippen LogP contribution in [0.4, 0.5) is 5.69 Å². The second-order valence-electron chi connectivity index (χ2n) is 6.17. The Kier molecular flexibility index (Phi) is 4.28. The minimum Gasteiger partial charge on any atom is -0.497 e. The van der Waals surface area contributed by atoms with E-state index in [1.165, 1.54) is 5.56 Å². The molecule has 1 heterocycles. The van der Waals surface area contributed by atoms with Crippen LogP contribution in [-0.4, -0.2) is 7.11 Å². The molecule has 3 aromatic carbocycles. The number of benzene rings is 3. The third kappa shape index (κ3) is 3.24. The zero-order valence-electron chi connectivity index (χ0n) is 14.8. The van der Waals surface area contributed by atoms with Crippen molar-refractivity contribution in [1.82, 2.24) is 0 Å². The number of rotatable bonds is 3. The minimum atomic E-state index is 0.776. The quantitative estimate of drug-likeness (QED) is 0.483. The summed E-state index contributed by atoms with van der Waals surface area (Å²) in [5.41, 5.74) is 3.91. The standard InChI is InChI=1S/C23H19NO2/c1-16-6-5-7-18(14-16)24-21-15-23(17-10-12-19(25-2)13-11-17)26-22-9-4-3-8-20(21)22/h3-15H,1-2H3. The van der Waals surface area contributed by atoms with E-state index in [4.69, 9.17) is 14.1 Å². The van der Waals surface area contributed by atoms with Gasteiger partial charge in [0.15, 0.2) is 0 Å². The highest BCUT2D eigenvalue weighted by Gasteiger charge is 2.06. The van der Waals surface area contributed by atoms with Crippen LogP contribution in [0, 0.1) is 6.92 Å². The summed E-state index contributed by atoms with van der Waals surface area (Å²) in [6, 6.07) is 26.0. The zero-order chi connectivity index (χ0) is 17.9. The lowest BCUT2D eigenvalue weighted by atomic mass is 10.1. The summed E-state index contributed by atoms with van der Waals surface area (Å²) in [5, 5.41) is 1.88. The van der Waals surface area contributed by atoms with Crippen molar-refractivity contribution in [2.75, 3.05) is 7.11 Å². The Hall–Kier alpha value is -3.33. The van der Waals surface area contributed by atoms with Gasteiger partial charge in [0.2, 0.25) is 0 Å². The van der Waals surface area contributed by atoms with Crippen molar-refractivity contribution in [3.05, 3.63) is 89.8 Å². The van der Waals surface area contributed by atoms with E-state index in [1.54, 1.807) is 7.11 Å². The summed E-state index contributed by atoms with van der Waals surface area (Å²) >= 11 is 0. The van der Waals surface area contributed by atoms with Gasteiger partial charge in [0.25, 0.3) is 0 Å². The molecule has 0 spiro atoms. The average Bonchev–Trinajstić information content (AvgIpc) is 2.68. The van der Waals surface area contributed by atoms with Gasteiger partial charge >= 0.3 is 0 Å². The van der Waals surface area contributed by atoms with Crippen LogP contribution in [0.25, 0.3) is 22.3 Å². The first kappa shape index (κ1) is 16.2. The van der Waals surface area contributed by atoms with Gasteiger partial charge in [0, 0.05) is 17.0 Å². The van der Waals surface area contributed by atoms with E-state index in [9.17, 15) is 0 Å². The Balaban J connectivity index is 1.93. The molecule has 0 aliphatic heterocycles. The molecule has 0 N–H and O–H groups in total. The van der Waals surface area contributed by atoms with Gasteiger partial charge in [-0.15, -0.1) is 0 Å². The fourth-order valence-electron chi connectivity index (χ4n) is 2.94. The average molecular weight is 341 g/mol. The van der Waals surface area contributed by atoms with Crippen LogP contribution in [0.5, 0.6) is 5.75 Å². The first-order valence-electron chi connectivity index (χ1n) is 8.52. The molecule has 4 aromatic rings. The topological polar surface area (TPSA) is 34.7 Å². The predicted molar refractivity (Wildman–Crippen MR) is 105 cm³/mol. The molecular weight excluding hydrogens is 322 g/mol. The third-order valence-corrected chi connectivity index (χ3v) is 4.28. The van der Waals surface area contributed by atoms with Crippen LogP contribution in [0.3, 0.4) is 0 Å². The molecular formula is C23H19NO2. The number of hydrogen-bond donors (Lipinski definition) is 0. The minimum absolute atomic E-state index is 0.776. The van der Waals surface area contributed by atoms with E-state index < -0.39 is 0 Å². The molecule has 26 heavy (non-hydrogen) atoms. The number of nitrogens with zero attached hydrogens (tertiary/aromatic N) is 1. The second-order valence-corrected chi connectivity index (χ2v) is 6.17. The molecule has 3 heteroatoms. The summed E-state index contributed by atoms with van der Waals surface area (Å²) < 4.78 is 11.4. The number of aryl methyl sites for hydroxylation is 1. The molecule has 3 nitrogen and oxygen atoms in total. The van der Waals surface area contributed by atoms with Crippen molar-refractivity contribution in [2.24, 2.45) is 4.99 Å². The molecule has 4 rings (SSSR count). The van der Waals surface area contributed by atoms with Gasteiger partial charge in [-0.2, -0.15) is 0 Å². The van der Waals surface area contributed by atoms with Gasteiger partial charge in [-0.3, -0.25) is 0 Å². The normalized spacial score (nSPS) is 11.7. The van der Waals surface area contributed by atoms with Crippen molar-refractivity contribution in [3.8, 4) is 17.1 Å². The monoisotopic (exact) mass is 341 g/mol. The molecule has 0 aliphatic carbocycles. The van der Waals surface area contributed by atoms with Crippen LogP contribution in [-0.2, 0) is 0 Å². The lowest BCUT2D eigenvalue weighted by Crippen LogP contribution is -2.03. The second kappa shape index (κ2) is 6.89. The number of methoxy groups -OCH3 is 1. The van der Waals surface area contributed by atoms with Gasteiger partial charge in [0.05, 0.1) is 18.2 Å². The number of hydrogen-bond acceptors (Lipinski definition) is 3. The SMILES string of the molecule is COc1ccc(-c2cc(=Nc3cccc(C)c3)c3ccccc3o2)cc1. The summed E-state index contributed by atoms with van der Waals surface area (Å²) in [4.78, 5) is 4.87. The highest BCUT2D eigenvalue weighted by Crippen LogP contribution is 2.24. The van der Waals surface area contributed by atoms with Crippen molar-refractivity contribution < 1.29 is 9.15 Å². The molecule has 0 atom stereocenters. The number of para-hydroxylation sites is 1. The van der Waals surface area contributed by atoms with E-state index >= 15 is 0 Å². The highest BCUT2D eigenvalue weighted by molar-refractivity contribution is 5.78. The van der Waals surface area contributed by atoms with Crippen molar-refractivity contribution in [2.45, 2.75) is 6.92 Å². The Bertz CT molecular complexity index is 1120. The van der Waals surface area contributed by atoms with Gasteiger partial charge in [-0.1, -0.05) is 24.3 Å². The summed E-state index contributed by atoms with van der Waals surface area (Å²) in [6.45, 7) is 2.07. The molecule has 0 radical (unpaired) electrons. The summed E-state index contributed by atoms with van der Waals surface area (Å²) in [5.74, 6) is 1.59. The lowest BCUT2D eigenvalue weighted by Gasteiger charge is -2.06. The number of ether oxygens (including phenoxy) is 1. The zero-order valence-corrected chi connectivity index (χ0v) is 14.8. The summed E-state index contributed by atoms with van der Waals surface area (Å²) in [6.07, 6.45) is 0. The van der Waals surface area contributed by atoms with Gasteiger partial charge in [-0.05, 0) is 61.0 Å². The molecule has 0 saturated heterocycles. The maximum Gasteiger partial charge on any atom is 0.136 e. The van der Waals surface area contributed by atoms with E-state index in [-0.39, 0.29) is 0 Å². The fourth-order valence-corrected chi connectivity index (χ4v) is 2.94. The first-order chi connectivity index (χ1) is 12.7. The Labute approximate surface area is 152 Å². The molecule has 0 saturated carbocycles. The highest BCUT2D eigenvalue weighted by atomic mass is 16.5. The molecule has 0 bridgehead atoms. The molecule has 0 amide bonds. The first-order valence-corrected chi connectivity index (χ1v) is 8.52. The van der Waals surface area contributed by atoms with Gasteiger partial charge in [0.1, 0.15) is 17.1 Å². The Morgan fingerprint density at radius 1 is 0.846 bits per heavy atom. The maximum absolute atomic E-state index is 6.12. The third-order valence-electron chi connectivity index (χ3n) is 4.28. The molecule has 128 valence electrons. The predicted octanol–water partition coefficient (Wildman–Crippen LogP) is 5.65. The molecule has 1 aromatic heterocycles.